The van der Waals surface area contributed by atoms with Crippen molar-refractivity contribution in [1.82, 2.24) is 14.5 Å². The molecular formula is C20H26BrN3O3S. The molecule has 2 atom stereocenters. The third-order valence-corrected chi connectivity index (χ3v) is 6.66. The van der Waals surface area contributed by atoms with Crippen LogP contribution >= 0.6 is 27.7 Å². The topological polar surface area (TPSA) is 64.4 Å². The molecule has 1 aliphatic rings. The number of carbonyl (C=O) groups is 1. The van der Waals surface area contributed by atoms with E-state index in [9.17, 15) is 9.59 Å². The number of aromatic nitrogens is 2. The van der Waals surface area contributed by atoms with Gasteiger partial charge in [-0.15, -0.1) is 0 Å². The third kappa shape index (κ3) is 4.60. The number of piperidine rings is 1. The van der Waals surface area contributed by atoms with Crippen LogP contribution in [0.1, 0.15) is 33.1 Å². The Morgan fingerprint density at radius 3 is 2.71 bits per heavy atom. The number of ether oxygens (including phenoxy) is 1. The fourth-order valence-electron chi connectivity index (χ4n) is 3.78. The first-order chi connectivity index (χ1) is 13.4. The van der Waals surface area contributed by atoms with Crippen molar-refractivity contribution in [1.29, 1.82) is 0 Å². The molecule has 2 aromatic rings. The molecule has 1 amide bonds. The van der Waals surface area contributed by atoms with E-state index in [-0.39, 0.29) is 29.3 Å². The highest BCUT2D eigenvalue weighted by atomic mass is 79.9. The van der Waals surface area contributed by atoms with Crippen molar-refractivity contribution in [2.24, 2.45) is 0 Å². The molecule has 2 unspecified atom stereocenters. The summed E-state index contributed by atoms with van der Waals surface area (Å²) < 4.78 is 7.60. The first-order valence-corrected chi connectivity index (χ1v) is 11.3. The highest BCUT2D eigenvalue weighted by molar-refractivity contribution is 9.10. The van der Waals surface area contributed by atoms with Crippen molar-refractivity contribution in [2.45, 2.75) is 56.9 Å². The molecule has 28 heavy (non-hydrogen) atoms. The summed E-state index contributed by atoms with van der Waals surface area (Å²) in [6.45, 7) is 5.03. The maximum Gasteiger partial charge on any atom is 0.262 e. The number of amides is 1. The van der Waals surface area contributed by atoms with Gasteiger partial charge in [0.1, 0.15) is 0 Å². The average Bonchev–Trinajstić information content (AvgIpc) is 2.66. The molecule has 0 saturated carbocycles. The molecule has 1 saturated heterocycles. The van der Waals surface area contributed by atoms with Crippen LogP contribution in [0.3, 0.4) is 0 Å². The minimum absolute atomic E-state index is 0.105. The summed E-state index contributed by atoms with van der Waals surface area (Å²) in [4.78, 5) is 32.5. The Morgan fingerprint density at radius 2 is 2.04 bits per heavy atom. The van der Waals surface area contributed by atoms with Crippen molar-refractivity contribution < 1.29 is 9.53 Å². The Labute approximate surface area is 177 Å². The van der Waals surface area contributed by atoms with Gasteiger partial charge in [-0.05, 0) is 51.3 Å². The van der Waals surface area contributed by atoms with E-state index in [4.69, 9.17) is 4.74 Å². The van der Waals surface area contributed by atoms with Crippen LogP contribution in [0, 0.1) is 0 Å². The van der Waals surface area contributed by atoms with Gasteiger partial charge in [-0.2, -0.15) is 0 Å². The SMILES string of the molecule is COCCn1c(SCC(=O)N2C(C)CCCC2C)nc2ccc(Br)cc2c1=O. The number of benzene rings is 1. The molecule has 1 fully saturated rings. The second-order valence-corrected chi connectivity index (χ2v) is 9.08. The number of likely N-dealkylation sites (tertiary alicyclic amines) is 1. The summed E-state index contributed by atoms with van der Waals surface area (Å²) in [6, 6.07) is 5.99. The number of nitrogens with zero attached hydrogens (tertiary/aromatic N) is 3. The molecule has 2 heterocycles. The molecule has 1 aromatic carbocycles. The van der Waals surface area contributed by atoms with Crippen molar-refractivity contribution in [3.05, 3.63) is 33.0 Å². The molecular weight excluding hydrogens is 442 g/mol. The van der Waals surface area contributed by atoms with Gasteiger partial charge in [-0.3, -0.25) is 14.2 Å². The predicted molar refractivity (Wildman–Crippen MR) is 116 cm³/mol. The van der Waals surface area contributed by atoms with Crippen LogP contribution in [-0.2, 0) is 16.1 Å². The number of thioether (sulfide) groups is 1. The smallest absolute Gasteiger partial charge is 0.262 e. The Kier molecular flexibility index (Phi) is 7.17. The van der Waals surface area contributed by atoms with Crippen molar-refractivity contribution in [3.8, 4) is 0 Å². The van der Waals surface area contributed by atoms with Crippen molar-refractivity contribution in [2.75, 3.05) is 19.5 Å². The molecule has 0 aliphatic carbocycles. The predicted octanol–water partition coefficient (Wildman–Crippen LogP) is 3.69. The molecule has 0 bridgehead atoms. The van der Waals surface area contributed by atoms with Gasteiger partial charge in [0, 0.05) is 23.7 Å². The summed E-state index contributed by atoms with van der Waals surface area (Å²) in [5, 5.41) is 1.11. The Morgan fingerprint density at radius 1 is 1.32 bits per heavy atom. The highest BCUT2D eigenvalue weighted by Crippen LogP contribution is 2.25. The summed E-state index contributed by atoms with van der Waals surface area (Å²) in [6.07, 6.45) is 3.25. The lowest BCUT2D eigenvalue weighted by Crippen LogP contribution is -2.48. The van der Waals surface area contributed by atoms with Gasteiger partial charge in [0.15, 0.2) is 5.16 Å². The standard InChI is InChI=1S/C20H26BrN3O3S/c1-13-5-4-6-14(2)24(13)18(25)12-28-20-22-17-8-7-15(21)11-16(17)19(26)23(20)9-10-27-3/h7-8,11,13-14H,4-6,9-10,12H2,1-3H3. The molecule has 3 rings (SSSR count). The first kappa shape index (κ1) is 21.3. The van der Waals surface area contributed by atoms with E-state index in [1.54, 1.807) is 17.7 Å². The van der Waals surface area contributed by atoms with E-state index in [1.165, 1.54) is 11.8 Å². The van der Waals surface area contributed by atoms with Gasteiger partial charge in [0.2, 0.25) is 5.91 Å². The minimum atomic E-state index is -0.113. The van der Waals surface area contributed by atoms with E-state index in [1.807, 2.05) is 17.0 Å². The van der Waals surface area contributed by atoms with Crippen molar-refractivity contribution in [3.63, 3.8) is 0 Å². The van der Waals surface area contributed by atoms with Crippen LogP contribution in [0.5, 0.6) is 0 Å². The van der Waals surface area contributed by atoms with E-state index in [2.05, 4.69) is 34.8 Å². The first-order valence-electron chi connectivity index (χ1n) is 9.55. The molecule has 0 radical (unpaired) electrons. The molecule has 1 aliphatic heterocycles. The highest BCUT2D eigenvalue weighted by Gasteiger charge is 2.29. The number of rotatable bonds is 6. The second-order valence-electron chi connectivity index (χ2n) is 7.22. The van der Waals surface area contributed by atoms with E-state index < -0.39 is 0 Å². The fraction of sp³-hybridized carbons (Fsp3) is 0.550. The average molecular weight is 468 g/mol. The van der Waals surface area contributed by atoms with Crippen LogP contribution in [0.15, 0.2) is 32.6 Å². The number of hydrogen-bond acceptors (Lipinski definition) is 5. The van der Waals surface area contributed by atoms with Gasteiger partial charge in [-0.1, -0.05) is 27.7 Å². The minimum Gasteiger partial charge on any atom is -0.383 e. The molecule has 1 aromatic heterocycles. The van der Waals surface area contributed by atoms with Gasteiger partial charge in [0.25, 0.3) is 5.56 Å². The maximum atomic E-state index is 13.0. The third-order valence-electron chi connectivity index (χ3n) is 5.21. The zero-order valence-electron chi connectivity index (χ0n) is 16.5. The number of hydrogen-bond donors (Lipinski definition) is 0. The van der Waals surface area contributed by atoms with Crippen molar-refractivity contribution >= 4 is 44.5 Å². The van der Waals surface area contributed by atoms with E-state index >= 15 is 0 Å². The Balaban J connectivity index is 1.87. The van der Waals surface area contributed by atoms with Crippen LogP contribution in [-0.4, -0.2) is 51.9 Å². The quantitative estimate of drug-likeness (QED) is 0.478. The zero-order valence-corrected chi connectivity index (χ0v) is 18.9. The molecule has 152 valence electrons. The monoisotopic (exact) mass is 467 g/mol. The lowest BCUT2D eigenvalue weighted by Gasteiger charge is -2.39. The van der Waals surface area contributed by atoms with Gasteiger partial charge >= 0.3 is 0 Å². The number of carbonyl (C=O) groups excluding carboxylic acids is 1. The fourth-order valence-corrected chi connectivity index (χ4v) is 5.03. The van der Waals surface area contributed by atoms with Crippen LogP contribution in [0.25, 0.3) is 10.9 Å². The van der Waals surface area contributed by atoms with Gasteiger partial charge in [-0.25, -0.2) is 4.98 Å². The summed E-state index contributed by atoms with van der Waals surface area (Å²) >= 11 is 4.74. The second kappa shape index (κ2) is 9.41. The lowest BCUT2D eigenvalue weighted by molar-refractivity contribution is -0.134. The van der Waals surface area contributed by atoms with Gasteiger partial charge in [0.05, 0.1) is 29.8 Å². The largest absolute Gasteiger partial charge is 0.383 e. The normalized spacial score (nSPS) is 19.9. The Hall–Kier alpha value is -1.38. The number of fused-ring (bicyclic) bond motifs is 1. The summed E-state index contributed by atoms with van der Waals surface area (Å²) in [5.74, 6) is 0.379. The number of halogens is 1. The molecule has 6 nitrogen and oxygen atoms in total. The maximum absolute atomic E-state index is 13.0. The van der Waals surface area contributed by atoms with E-state index in [0.717, 1.165) is 23.7 Å². The zero-order chi connectivity index (χ0) is 20.3. The van der Waals surface area contributed by atoms with Crippen LogP contribution in [0.4, 0.5) is 0 Å². The lowest BCUT2D eigenvalue weighted by atomic mass is 9.98. The number of methoxy groups -OCH3 is 1. The van der Waals surface area contributed by atoms with Gasteiger partial charge < -0.3 is 9.64 Å². The molecule has 0 spiro atoms. The summed E-state index contributed by atoms with van der Waals surface area (Å²) in [7, 11) is 1.60. The Bertz CT molecular complexity index is 907. The molecule has 8 heteroatoms. The van der Waals surface area contributed by atoms with Crippen LogP contribution < -0.4 is 5.56 Å². The summed E-state index contributed by atoms with van der Waals surface area (Å²) in [5.41, 5.74) is 0.523. The van der Waals surface area contributed by atoms with Crippen LogP contribution in [0.2, 0.25) is 0 Å². The van der Waals surface area contributed by atoms with E-state index in [0.29, 0.717) is 29.2 Å². The molecule has 0 N–H and O–H groups in total.